The summed E-state index contributed by atoms with van der Waals surface area (Å²) >= 11 is 4.13. The zero-order valence-corrected chi connectivity index (χ0v) is 12.2. The maximum atomic E-state index is 10.0. The second-order valence-corrected chi connectivity index (χ2v) is 7.19. The zero-order chi connectivity index (χ0) is 13.6. The van der Waals surface area contributed by atoms with Gasteiger partial charge in [0.05, 0.1) is 13.2 Å². The summed E-state index contributed by atoms with van der Waals surface area (Å²) in [4.78, 5) is 10.0. The molecule has 1 unspecified atom stereocenters. The van der Waals surface area contributed by atoms with Crippen LogP contribution in [0.1, 0.15) is 11.1 Å². The summed E-state index contributed by atoms with van der Waals surface area (Å²) in [5.41, 5.74) is 2.02. The van der Waals surface area contributed by atoms with Crippen molar-refractivity contribution in [2.24, 2.45) is 4.74 Å². The van der Waals surface area contributed by atoms with E-state index < -0.39 is 6.71 Å². The van der Waals surface area contributed by atoms with E-state index in [9.17, 15) is 4.89 Å². The molecule has 0 amide bonds. The van der Waals surface area contributed by atoms with E-state index in [4.69, 9.17) is 4.52 Å². The normalized spacial score (nSPS) is 13.8. The molecule has 0 aromatic heterocycles. The van der Waals surface area contributed by atoms with Gasteiger partial charge in [-0.1, -0.05) is 72.9 Å². The van der Waals surface area contributed by atoms with Crippen molar-refractivity contribution >= 4 is 19.0 Å². The Morgan fingerprint density at radius 3 is 2.05 bits per heavy atom. The van der Waals surface area contributed by atoms with Gasteiger partial charge in [-0.3, -0.25) is 0 Å². The van der Waals surface area contributed by atoms with E-state index in [2.05, 4.69) is 17.0 Å². The van der Waals surface area contributed by atoms with Gasteiger partial charge in [0.2, 0.25) is 0 Å². The molecule has 2 aromatic carbocycles. The van der Waals surface area contributed by atoms with E-state index in [0.29, 0.717) is 13.2 Å². The monoisotopic (exact) mass is 293 g/mol. The first-order valence-electron chi connectivity index (χ1n) is 5.92. The van der Waals surface area contributed by atoms with Gasteiger partial charge >= 0.3 is 0 Å². The molecule has 0 saturated carbocycles. The summed E-state index contributed by atoms with van der Waals surface area (Å²) in [7, 11) is 0. The molecule has 0 aliphatic heterocycles. The zero-order valence-electron chi connectivity index (χ0n) is 10.4. The van der Waals surface area contributed by atoms with Crippen molar-refractivity contribution < 1.29 is 9.42 Å². The van der Waals surface area contributed by atoms with E-state index in [1.165, 1.54) is 0 Å². The van der Waals surface area contributed by atoms with Crippen molar-refractivity contribution in [1.29, 1.82) is 0 Å². The summed E-state index contributed by atoms with van der Waals surface area (Å²) in [6.45, 7) is -2.24. The van der Waals surface area contributed by atoms with Crippen LogP contribution in [0.5, 0.6) is 0 Å². The number of hydrogen-bond acceptors (Lipinski definition) is 2. The van der Waals surface area contributed by atoms with Gasteiger partial charge in [-0.15, -0.1) is 0 Å². The van der Waals surface area contributed by atoms with Gasteiger partial charge in [0, 0.05) is 0 Å². The molecular weight excluding hydrogens is 277 g/mol. The summed E-state index contributed by atoms with van der Waals surface area (Å²) in [5.74, 6) is 0. The van der Waals surface area contributed by atoms with E-state index in [1.54, 1.807) is 0 Å². The molecule has 0 fully saturated rings. The first-order valence-corrected chi connectivity index (χ1v) is 8.68. The molecule has 2 aromatic rings. The molecule has 2 rings (SSSR count). The van der Waals surface area contributed by atoms with Crippen molar-refractivity contribution in [2.75, 3.05) is 0 Å². The molecule has 0 bridgehead atoms. The van der Waals surface area contributed by atoms with Crippen LogP contribution in [-0.2, 0) is 17.7 Å². The topological polar surface area (TPSA) is 41.8 Å². The molecule has 0 saturated heterocycles. The summed E-state index contributed by atoms with van der Waals surface area (Å²) in [6, 6.07) is 19.4. The van der Waals surface area contributed by atoms with Crippen LogP contribution in [0.4, 0.5) is 0 Å². The lowest BCUT2D eigenvalue weighted by Gasteiger charge is -2.12. The molecule has 1 atom stereocenters. The predicted octanol–water partition coefficient (Wildman–Crippen LogP) is 4.27. The van der Waals surface area contributed by atoms with Gasteiger partial charge in [0.25, 0.3) is 6.71 Å². The lowest BCUT2D eigenvalue weighted by Crippen LogP contribution is -1.89. The SMILES string of the molecule is OP(S)(=NCc1ccccc1)OCc1ccccc1. The molecule has 5 heteroatoms. The van der Waals surface area contributed by atoms with Crippen molar-refractivity contribution in [2.45, 2.75) is 13.2 Å². The molecule has 3 nitrogen and oxygen atoms in total. The summed E-state index contributed by atoms with van der Waals surface area (Å²) in [5, 5.41) is 0. The number of nitrogens with zero attached hydrogens (tertiary/aromatic N) is 1. The molecule has 19 heavy (non-hydrogen) atoms. The first kappa shape index (κ1) is 14.4. The highest BCUT2D eigenvalue weighted by Crippen LogP contribution is 2.52. The van der Waals surface area contributed by atoms with E-state index in [0.717, 1.165) is 11.1 Å². The Bertz CT molecular complexity index is 554. The standard InChI is InChI=1S/C14H16NO2PS/c16-18(19,15-11-13-7-3-1-4-8-13)17-12-14-9-5-2-6-10-14/h1-10,16,19H,11-12H2. The number of hydrogen-bond donors (Lipinski definition) is 2. The lowest BCUT2D eigenvalue weighted by molar-refractivity contribution is 0.302. The van der Waals surface area contributed by atoms with Gasteiger partial charge < -0.3 is 9.42 Å². The van der Waals surface area contributed by atoms with Crippen LogP contribution in [-0.4, -0.2) is 4.89 Å². The van der Waals surface area contributed by atoms with Gasteiger partial charge in [-0.2, -0.15) is 0 Å². The average molecular weight is 293 g/mol. The van der Waals surface area contributed by atoms with E-state index >= 15 is 0 Å². The molecule has 100 valence electrons. The summed E-state index contributed by atoms with van der Waals surface area (Å²) in [6.07, 6.45) is 0. The van der Waals surface area contributed by atoms with Crippen molar-refractivity contribution in [3.8, 4) is 0 Å². The third-order valence-electron chi connectivity index (χ3n) is 2.53. The molecule has 0 radical (unpaired) electrons. The predicted molar refractivity (Wildman–Crippen MR) is 81.9 cm³/mol. The van der Waals surface area contributed by atoms with Crippen LogP contribution in [0.2, 0.25) is 0 Å². The smallest absolute Gasteiger partial charge is 0.267 e. The minimum absolute atomic E-state index is 0.312. The third kappa shape index (κ3) is 5.21. The largest absolute Gasteiger partial charge is 0.332 e. The fourth-order valence-corrected chi connectivity index (χ4v) is 2.65. The Labute approximate surface area is 118 Å². The van der Waals surface area contributed by atoms with Gasteiger partial charge in [-0.25, -0.2) is 4.74 Å². The van der Waals surface area contributed by atoms with Gasteiger partial charge in [-0.05, 0) is 11.1 Å². The third-order valence-corrected chi connectivity index (χ3v) is 4.24. The minimum Gasteiger partial charge on any atom is -0.332 e. The second-order valence-electron chi connectivity index (χ2n) is 4.06. The van der Waals surface area contributed by atoms with Gasteiger partial charge in [0.1, 0.15) is 0 Å². The lowest BCUT2D eigenvalue weighted by atomic mass is 10.2. The van der Waals surface area contributed by atoms with Gasteiger partial charge in [0.15, 0.2) is 0 Å². The Balaban J connectivity index is 1.94. The van der Waals surface area contributed by atoms with Crippen LogP contribution < -0.4 is 0 Å². The molecule has 0 heterocycles. The van der Waals surface area contributed by atoms with Crippen LogP contribution in [0.15, 0.2) is 65.4 Å². The number of rotatable bonds is 5. The van der Waals surface area contributed by atoms with E-state index in [-0.39, 0.29) is 0 Å². The fraction of sp³-hybridized carbons (Fsp3) is 0.143. The molecular formula is C14H16NO2PS. The molecule has 1 N–H and O–H groups in total. The number of benzene rings is 2. The Morgan fingerprint density at radius 2 is 1.47 bits per heavy atom. The fourth-order valence-electron chi connectivity index (χ4n) is 1.53. The molecule has 0 aliphatic rings. The highest BCUT2D eigenvalue weighted by molar-refractivity contribution is 8.45. The van der Waals surface area contributed by atoms with Crippen LogP contribution >= 0.6 is 19.0 Å². The van der Waals surface area contributed by atoms with Crippen molar-refractivity contribution in [3.63, 3.8) is 0 Å². The quantitative estimate of drug-likeness (QED) is 0.638. The maximum Gasteiger partial charge on any atom is 0.267 e. The second kappa shape index (κ2) is 6.92. The highest BCUT2D eigenvalue weighted by Gasteiger charge is 2.10. The Hall–Kier alpha value is -1.06. The highest BCUT2D eigenvalue weighted by atomic mass is 32.7. The van der Waals surface area contributed by atoms with E-state index in [1.807, 2.05) is 60.7 Å². The average Bonchev–Trinajstić information content (AvgIpc) is 2.46. The first-order chi connectivity index (χ1) is 9.16. The Kier molecular flexibility index (Phi) is 5.23. The van der Waals surface area contributed by atoms with Crippen molar-refractivity contribution in [1.82, 2.24) is 0 Å². The number of thiol groups is 1. The Morgan fingerprint density at radius 1 is 0.947 bits per heavy atom. The van der Waals surface area contributed by atoms with Crippen molar-refractivity contribution in [3.05, 3.63) is 71.8 Å². The maximum absolute atomic E-state index is 10.0. The molecule has 0 aliphatic carbocycles. The van der Waals surface area contributed by atoms with Crippen LogP contribution in [0.3, 0.4) is 0 Å². The summed E-state index contributed by atoms with van der Waals surface area (Å²) < 4.78 is 9.55. The molecule has 0 spiro atoms. The van der Waals surface area contributed by atoms with Crippen LogP contribution in [0.25, 0.3) is 0 Å². The van der Waals surface area contributed by atoms with Crippen LogP contribution in [0, 0.1) is 0 Å². The minimum atomic E-state index is -2.95.